The van der Waals surface area contributed by atoms with Crippen LogP contribution in [0.25, 0.3) is 11.3 Å². The molecule has 0 fully saturated rings. The summed E-state index contributed by atoms with van der Waals surface area (Å²) in [6.07, 6.45) is -3.40. The first-order valence-corrected chi connectivity index (χ1v) is 10.4. The van der Waals surface area contributed by atoms with Crippen LogP contribution in [0.3, 0.4) is 0 Å². The zero-order valence-electron chi connectivity index (χ0n) is 18.5. The average molecular weight is 502 g/mol. The van der Waals surface area contributed by atoms with Crippen LogP contribution in [0.4, 0.5) is 23.2 Å². The molecule has 3 N–H and O–H groups in total. The molecule has 0 saturated heterocycles. The number of nitrogens with zero attached hydrogens (tertiary/aromatic N) is 4. The summed E-state index contributed by atoms with van der Waals surface area (Å²) in [4.78, 5) is 23.9. The van der Waals surface area contributed by atoms with Gasteiger partial charge in [0.2, 0.25) is 11.7 Å². The van der Waals surface area contributed by atoms with Crippen LogP contribution in [0.2, 0.25) is 0 Å². The number of aliphatic hydroxyl groups is 1. The van der Waals surface area contributed by atoms with Crippen LogP contribution in [0.1, 0.15) is 39.3 Å². The highest BCUT2D eigenvalue weighted by atomic mass is 19.4. The molecule has 186 valence electrons. The van der Waals surface area contributed by atoms with Crippen molar-refractivity contribution in [3.63, 3.8) is 0 Å². The van der Waals surface area contributed by atoms with Crippen LogP contribution in [0, 0.1) is 12.9 Å². The number of carbonyl (C=O) groups is 1. The highest BCUT2D eigenvalue weighted by Crippen LogP contribution is 2.33. The van der Waals surface area contributed by atoms with Crippen molar-refractivity contribution in [2.24, 2.45) is 0 Å². The largest absolute Gasteiger partial charge is 0.416 e. The van der Waals surface area contributed by atoms with E-state index in [2.05, 4.69) is 30.7 Å². The number of aromatic nitrogens is 4. The van der Waals surface area contributed by atoms with Crippen LogP contribution in [-0.2, 0) is 12.7 Å². The summed E-state index contributed by atoms with van der Waals surface area (Å²) in [5, 5.41) is 19.2. The second kappa shape index (κ2) is 10.2. The molecule has 3 aromatic heterocycles. The van der Waals surface area contributed by atoms with E-state index in [1.807, 2.05) is 0 Å². The molecule has 1 aromatic carbocycles. The molecule has 13 heteroatoms. The van der Waals surface area contributed by atoms with Crippen LogP contribution >= 0.6 is 0 Å². The second-order valence-corrected chi connectivity index (χ2v) is 7.62. The lowest BCUT2D eigenvalue weighted by Crippen LogP contribution is -2.21. The Hall–Kier alpha value is -4.23. The van der Waals surface area contributed by atoms with Crippen molar-refractivity contribution in [2.75, 3.05) is 5.32 Å². The smallest absolute Gasteiger partial charge is 0.373 e. The van der Waals surface area contributed by atoms with Crippen LogP contribution in [0.5, 0.6) is 0 Å². The molecule has 36 heavy (non-hydrogen) atoms. The molecule has 3 heterocycles. The van der Waals surface area contributed by atoms with E-state index < -0.39 is 29.8 Å². The molecule has 1 unspecified atom stereocenters. The molecular formula is C23H18F4N6O3. The molecule has 0 spiro atoms. The monoisotopic (exact) mass is 502 g/mol. The van der Waals surface area contributed by atoms with Crippen LogP contribution in [-0.4, -0.2) is 31.1 Å². The van der Waals surface area contributed by atoms with E-state index in [4.69, 9.17) is 4.52 Å². The Balaban J connectivity index is 1.39. The first-order valence-electron chi connectivity index (χ1n) is 10.4. The molecule has 0 radical (unpaired) electrons. The van der Waals surface area contributed by atoms with E-state index in [-0.39, 0.29) is 46.2 Å². The number of alkyl halides is 3. The van der Waals surface area contributed by atoms with Gasteiger partial charge in [-0.3, -0.25) is 10.1 Å². The normalized spacial score (nSPS) is 12.4. The fourth-order valence-electron chi connectivity index (χ4n) is 3.25. The number of carbonyl (C=O) groups excluding carboxylic acids is 1. The Bertz CT molecular complexity index is 1390. The van der Waals surface area contributed by atoms with E-state index in [0.29, 0.717) is 0 Å². The van der Waals surface area contributed by atoms with Gasteiger partial charge in [-0.2, -0.15) is 17.6 Å². The van der Waals surface area contributed by atoms with Gasteiger partial charge in [0.15, 0.2) is 0 Å². The molecule has 0 aliphatic heterocycles. The van der Waals surface area contributed by atoms with Crippen molar-refractivity contribution in [3.05, 3.63) is 89.2 Å². The van der Waals surface area contributed by atoms with E-state index in [0.717, 1.165) is 12.4 Å². The number of halogens is 4. The number of aryl methyl sites for hydroxylation is 1. The fourth-order valence-corrected chi connectivity index (χ4v) is 3.25. The average Bonchev–Trinajstić information content (AvgIpc) is 3.33. The predicted molar refractivity (Wildman–Crippen MR) is 118 cm³/mol. The molecule has 4 rings (SSSR count). The van der Waals surface area contributed by atoms with E-state index >= 15 is 0 Å². The maximum atomic E-state index is 13.9. The number of rotatable bonds is 7. The quantitative estimate of drug-likeness (QED) is 0.197. The highest BCUT2D eigenvalue weighted by Gasteiger charge is 2.32. The van der Waals surface area contributed by atoms with E-state index in [9.17, 15) is 27.5 Å². The van der Waals surface area contributed by atoms with Gasteiger partial charge < -0.3 is 14.9 Å². The van der Waals surface area contributed by atoms with Gasteiger partial charge in [0.05, 0.1) is 28.2 Å². The number of pyridine rings is 1. The van der Waals surface area contributed by atoms with Crippen molar-refractivity contribution >= 4 is 11.6 Å². The third kappa shape index (κ3) is 5.70. The molecule has 4 aromatic rings. The third-order valence-corrected chi connectivity index (χ3v) is 5.06. The molecule has 1 atom stereocenters. The molecule has 0 bridgehead atoms. The summed E-state index contributed by atoms with van der Waals surface area (Å²) in [6, 6.07) is 9.09. The SMILES string of the molecule is Cc1ccc(NC(=O)c2cc(CNC(O)c3cc(-c4cccnc4F)ncn3)no2)cc1C(F)(F)F. The summed E-state index contributed by atoms with van der Waals surface area (Å²) in [5.41, 5.74) is -0.178. The lowest BCUT2D eigenvalue weighted by Gasteiger charge is -2.12. The first-order chi connectivity index (χ1) is 17.1. The van der Waals surface area contributed by atoms with Crippen molar-refractivity contribution < 1.29 is 32.0 Å². The summed E-state index contributed by atoms with van der Waals surface area (Å²) in [5.74, 6) is -1.77. The topological polar surface area (TPSA) is 126 Å². The number of hydrogen-bond donors (Lipinski definition) is 3. The Labute approximate surface area is 201 Å². The minimum atomic E-state index is -4.56. The zero-order valence-corrected chi connectivity index (χ0v) is 18.5. The van der Waals surface area contributed by atoms with Crippen molar-refractivity contribution in [1.82, 2.24) is 25.4 Å². The van der Waals surface area contributed by atoms with Crippen molar-refractivity contribution in [3.8, 4) is 11.3 Å². The van der Waals surface area contributed by atoms with Crippen LogP contribution < -0.4 is 10.6 Å². The number of amides is 1. The van der Waals surface area contributed by atoms with Crippen molar-refractivity contribution in [2.45, 2.75) is 25.9 Å². The van der Waals surface area contributed by atoms with Gasteiger partial charge in [-0.25, -0.2) is 15.0 Å². The maximum Gasteiger partial charge on any atom is 0.416 e. The van der Waals surface area contributed by atoms with Gasteiger partial charge in [-0.1, -0.05) is 11.2 Å². The first kappa shape index (κ1) is 24.9. The second-order valence-electron chi connectivity index (χ2n) is 7.62. The standard InChI is InChI=1S/C23H18F4N6O3/c1-12-4-5-13(7-16(12)23(25,26)27)32-22(35)19-8-14(33-36-19)10-29-21(34)18-9-17(30-11-31-18)15-3-2-6-28-20(15)24/h2-9,11,21,29,34H,10H2,1H3,(H,32,35). The Morgan fingerprint density at radius 2 is 1.94 bits per heavy atom. The van der Waals surface area contributed by atoms with Crippen LogP contribution in [0.15, 0.2) is 59.5 Å². The number of nitrogens with one attached hydrogen (secondary N) is 2. The summed E-state index contributed by atoms with van der Waals surface area (Å²) >= 11 is 0. The zero-order chi connectivity index (χ0) is 25.9. The predicted octanol–water partition coefficient (Wildman–Crippen LogP) is 4.03. The van der Waals surface area contributed by atoms with Crippen molar-refractivity contribution in [1.29, 1.82) is 0 Å². The van der Waals surface area contributed by atoms with Gasteiger partial charge in [0, 0.05) is 24.5 Å². The molecule has 9 nitrogen and oxygen atoms in total. The maximum absolute atomic E-state index is 13.9. The molecule has 0 saturated carbocycles. The fraction of sp³-hybridized carbons (Fsp3) is 0.174. The number of benzene rings is 1. The van der Waals surface area contributed by atoms with Gasteiger partial charge in [-0.15, -0.1) is 0 Å². The number of anilines is 1. The van der Waals surface area contributed by atoms with E-state index in [1.165, 1.54) is 43.5 Å². The van der Waals surface area contributed by atoms with E-state index in [1.54, 1.807) is 6.07 Å². The number of aliphatic hydroxyl groups excluding tert-OH is 1. The Kier molecular flexibility index (Phi) is 7.03. The van der Waals surface area contributed by atoms with Gasteiger partial charge in [0.25, 0.3) is 5.91 Å². The van der Waals surface area contributed by atoms with Gasteiger partial charge >= 0.3 is 6.18 Å². The highest BCUT2D eigenvalue weighted by molar-refractivity contribution is 6.02. The lowest BCUT2D eigenvalue weighted by atomic mass is 10.1. The minimum Gasteiger partial charge on any atom is -0.373 e. The van der Waals surface area contributed by atoms with Gasteiger partial charge in [0.1, 0.15) is 12.6 Å². The Morgan fingerprint density at radius 1 is 1.14 bits per heavy atom. The Morgan fingerprint density at radius 3 is 2.69 bits per heavy atom. The third-order valence-electron chi connectivity index (χ3n) is 5.06. The lowest BCUT2D eigenvalue weighted by molar-refractivity contribution is -0.138. The molecule has 0 aliphatic carbocycles. The molecule has 1 amide bonds. The molecule has 0 aliphatic rings. The minimum absolute atomic E-state index is 0.0217. The molecular weight excluding hydrogens is 484 g/mol. The summed E-state index contributed by atoms with van der Waals surface area (Å²) < 4.78 is 58.2. The van der Waals surface area contributed by atoms with Gasteiger partial charge in [-0.05, 0) is 42.8 Å². The number of hydrogen-bond acceptors (Lipinski definition) is 8. The summed E-state index contributed by atoms with van der Waals surface area (Å²) in [6.45, 7) is 1.26. The summed E-state index contributed by atoms with van der Waals surface area (Å²) in [7, 11) is 0.